The highest BCUT2D eigenvalue weighted by molar-refractivity contribution is 5.78. The standard InChI is InChI=1S/C9H15NO2/c1-12-8(11)9-3-2-6(5-9)4-7(9)10/h6-7H,2-5,10H2,1H3/t6-,7+,9+/m1/s1. The van der Waals surface area contributed by atoms with E-state index in [4.69, 9.17) is 10.5 Å². The molecular weight excluding hydrogens is 154 g/mol. The molecule has 3 heteroatoms. The second-order valence-electron chi connectivity index (χ2n) is 4.10. The molecule has 2 aliphatic rings. The van der Waals surface area contributed by atoms with Gasteiger partial charge in [-0.25, -0.2) is 0 Å². The van der Waals surface area contributed by atoms with E-state index in [-0.39, 0.29) is 17.4 Å². The zero-order chi connectivity index (χ0) is 8.77. The predicted octanol–water partition coefficient (Wildman–Crippen LogP) is 0.677. The minimum absolute atomic E-state index is 0.0451. The highest BCUT2D eigenvalue weighted by atomic mass is 16.5. The number of hydrogen-bond acceptors (Lipinski definition) is 3. The van der Waals surface area contributed by atoms with Crippen LogP contribution in [0.1, 0.15) is 25.7 Å². The lowest BCUT2D eigenvalue weighted by atomic mass is 9.80. The molecule has 2 N–H and O–H groups in total. The number of hydrogen-bond donors (Lipinski definition) is 1. The van der Waals surface area contributed by atoms with Crippen molar-refractivity contribution in [1.82, 2.24) is 0 Å². The molecule has 2 aliphatic carbocycles. The van der Waals surface area contributed by atoms with Crippen molar-refractivity contribution in [2.75, 3.05) is 7.11 Å². The zero-order valence-corrected chi connectivity index (χ0v) is 7.38. The molecule has 0 amide bonds. The maximum atomic E-state index is 11.5. The summed E-state index contributed by atoms with van der Waals surface area (Å²) in [5.41, 5.74) is 5.62. The van der Waals surface area contributed by atoms with Crippen LogP contribution in [0.2, 0.25) is 0 Å². The van der Waals surface area contributed by atoms with E-state index in [0.717, 1.165) is 25.7 Å². The van der Waals surface area contributed by atoms with Gasteiger partial charge in [-0.1, -0.05) is 0 Å². The lowest BCUT2D eigenvalue weighted by molar-refractivity contribution is -0.153. The van der Waals surface area contributed by atoms with Crippen LogP contribution in [-0.2, 0) is 9.53 Å². The van der Waals surface area contributed by atoms with E-state index >= 15 is 0 Å². The van der Waals surface area contributed by atoms with Gasteiger partial charge in [0.05, 0.1) is 12.5 Å². The van der Waals surface area contributed by atoms with Gasteiger partial charge in [-0.2, -0.15) is 0 Å². The van der Waals surface area contributed by atoms with E-state index in [0.29, 0.717) is 5.92 Å². The third-order valence-electron chi connectivity index (χ3n) is 3.54. The first-order valence-corrected chi connectivity index (χ1v) is 4.53. The average Bonchev–Trinajstić information content (AvgIpc) is 2.60. The van der Waals surface area contributed by atoms with E-state index in [9.17, 15) is 4.79 Å². The molecule has 0 aliphatic heterocycles. The number of rotatable bonds is 1. The fraction of sp³-hybridized carbons (Fsp3) is 0.889. The molecule has 0 unspecified atom stereocenters. The van der Waals surface area contributed by atoms with Crippen molar-refractivity contribution in [3.8, 4) is 0 Å². The van der Waals surface area contributed by atoms with Gasteiger partial charge in [0.1, 0.15) is 0 Å². The van der Waals surface area contributed by atoms with E-state index in [1.165, 1.54) is 7.11 Å². The van der Waals surface area contributed by atoms with Crippen LogP contribution >= 0.6 is 0 Å². The molecule has 0 spiro atoms. The van der Waals surface area contributed by atoms with E-state index in [1.54, 1.807) is 0 Å². The number of fused-ring (bicyclic) bond motifs is 2. The molecule has 3 atom stereocenters. The topological polar surface area (TPSA) is 52.3 Å². The summed E-state index contributed by atoms with van der Waals surface area (Å²) in [6.07, 6.45) is 4.06. The molecule has 0 heterocycles. The Hall–Kier alpha value is -0.570. The second-order valence-corrected chi connectivity index (χ2v) is 4.10. The van der Waals surface area contributed by atoms with Gasteiger partial charge in [-0.3, -0.25) is 4.79 Å². The number of methoxy groups -OCH3 is 1. The lowest BCUT2D eigenvalue weighted by Crippen LogP contribution is -2.44. The van der Waals surface area contributed by atoms with E-state index in [2.05, 4.69) is 0 Å². The van der Waals surface area contributed by atoms with Crippen LogP contribution in [0.3, 0.4) is 0 Å². The van der Waals surface area contributed by atoms with Gasteiger partial charge >= 0.3 is 5.97 Å². The molecule has 3 nitrogen and oxygen atoms in total. The lowest BCUT2D eigenvalue weighted by Gasteiger charge is -2.29. The smallest absolute Gasteiger partial charge is 0.313 e. The molecule has 0 aromatic carbocycles. The highest BCUT2D eigenvalue weighted by Crippen LogP contribution is 2.53. The van der Waals surface area contributed by atoms with Crippen molar-refractivity contribution >= 4 is 5.97 Å². The van der Waals surface area contributed by atoms with Crippen molar-refractivity contribution in [1.29, 1.82) is 0 Å². The molecule has 2 fully saturated rings. The fourth-order valence-electron chi connectivity index (χ4n) is 2.84. The minimum atomic E-state index is -0.306. The van der Waals surface area contributed by atoms with Crippen LogP contribution in [0.4, 0.5) is 0 Å². The number of nitrogens with two attached hydrogens (primary N) is 1. The van der Waals surface area contributed by atoms with Gasteiger partial charge in [0.25, 0.3) is 0 Å². The third kappa shape index (κ3) is 0.829. The van der Waals surface area contributed by atoms with E-state index in [1.807, 2.05) is 0 Å². The molecule has 0 aromatic rings. The summed E-state index contributed by atoms with van der Waals surface area (Å²) < 4.78 is 4.81. The van der Waals surface area contributed by atoms with Crippen LogP contribution < -0.4 is 5.73 Å². The quantitative estimate of drug-likeness (QED) is 0.587. The maximum absolute atomic E-state index is 11.5. The summed E-state index contributed by atoms with van der Waals surface area (Å²) in [4.78, 5) is 11.5. The highest BCUT2D eigenvalue weighted by Gasteiger charge is 2.56. The monoisotopic (exact) mass is 169 g/mol. The molecular formula is C9H15NO2. The van der Waals surface area contributed by atoms with E-state index < -0.39 is 0 Å². The Labute approximate surface area is 72.3 Å². The predicted molar refractivity (Wildman–Crippen MR) is 44.4 cm³/mol. The van der Waals surface area contributed by atoms with Gasteiger partial charge < -0.3 is 10.5 Å². The van der Waals surface area contributed by atoms with Crippen molar-refractivity contribution in [3.05, 3.63) is 0 Å². The number of ether oxygens (including phenoxy) is 1. The SMILES string of the molecule is COC(=O)[C@]12CC[C@H](C[C@@H]1N)C2. The normalized spacial score (nSPS) is 44.8. The van der Waals surface area contributed by atoms with Crippen LogP contribution in [0.25, 0.3) is 0 Å². The van der Waals surface area contributed by atoms with Gasteiger partial charge in [0.15, 0.2) is 0 Å². The van der Waals surface area contributed by atoms with Gasteiger partial charge in [0.2, 0.25) is 0 Å². The first-order chi connectivity index (χ1) is 5.69. The van der Waals surface area contributed by atoms with Crippen LogP contribution in [0, 0.1) is 11.3 Å². The first-order valence-electron chi connectivity index (χ1n) is 4.53. The van der Waals surface area contributed by atoms with Gasteiger partial charge in [0, 0.05) is 6.04 Å². The molecule has 0 saturated heterocycles. The maximum Gasteiger partial charge on any atom is 0.313 e. The minimum Gasteiger partial charge on any atom is -0.469 e. The number of carbonyl (C=O) groups excluding carboxylic acids is 1. The Kier molecular flexibility index (Phi) is 1.65. The molecule has 68 valence electrons. The van der Waals surface area contributed by atoms with Crippen molar-refractivity contribution in [2.24, 2.45) is 17.1 Å². The molecule has 0 aromatic heterocycles. The first kappa shape index (κ1) is 8.05. The summed E-state index contributed by atoms with van der Waals surface area (Å²) in [7, 11) is 1.45. The summed E-state index contributed by atoms with van der Waals surface area (Å²) >= 11 is 0. The van der Waals surface area contributed by atoms with Crippen LogP contribution in [0.5, 0.6) is 0 Å². The molecule has 12 heavy (non-hydrogen) atoms. The third-order valence-corrected chi connectivity index (χ3v) is 3.54. The van der Waals surface area contributed by atoms with Gasteiger partial charge in [-0.15, -0.1) is 0 Å². The summed E-state index contributed by atoms with van der Waals surface area (Å²) in [5, 5.41) is 0. The molecule has 2 bridgehead atoms. The Morgan fingerprint density at radius 3 is 2.83 bits per heavy atom. The second kappa shape index (κ2) is 2.46. The number of carbonyl (C=O) groups is 1. The Morgan fingerprint density at radius 1 is 1.67 bits per heavy atom. The van der Waals surface area contributed by atoms with Gasteiger partial charge in [-0.05, 0) is 31.6 Å². The molecule has 0 radical (unpaired) electrons. The van der Waals surface area contributed by atoms with Crippen LogP contribution in [0.15, 0.2) is 0 Å². The largest absolute Gasteiger partial charge is 0.469 e. The Balaban J connectivity index is 2.23. The van der Waals surface area contributed by atoms with Crippen LogP contribution in [-0.4, -0.2) is 19.1 Å². The summed E-state index contributed by atoms with van der Waals surface area (Å²) in [5.74, 6) is 0.592. The molecule has 2 rings (SSSR count). The zero-order valence-electron chi connectivity index (χ0n) is 7.38. The Morgan fingerprint density at radius 2 is 2.42 bits per heavy atom. The van der Waals surface area contributed by atoms with Crippen molar-refractivity contribution < 1.29 is 9.53 Å². The summed E-state index contributed by atoms with van der Waals surface area (Å²) in [6, 6.07) is 0.0451. The molecule has 2 saturated carbocycles. The van der Waals surface area contributed by atoms with Crippen molar-refractivity contribution in [2.45, 2.75) is 31.7 Å². The Bertz CT molecular complexity index is 217. The number of esters is 1. The average molecular weight is 169 g/mol. The fourth-order valence-corrected chi connectivity index (χ4v) is 2.84. The van der Waals surface area contributed by atoms with Crippen molar-refractivity contribution in [3.63, 3.8) is 0 Å². The summed E-state index contributed by atoms with van der Waals surface area (Å²) in [6.45, 7) is 0.